The summed E-state index contributed by atoms with van der Waals surface area (Å²) < 4.78 is 18.9. The number of amides is 1. The van der Waals surface area contributed by atoms with Gasteiger partial charge in [-0.2, -0.15) is 0 Å². The first-order valence-electron chi connectivity index (χ1n) is 13.1. The van der Waals surface area contributed by atoms with E-state index in [0.717, 1.165) is 24.1 Å². The van der Waals surface area contributed by atoms with Gasteiger partial charge in [-0.05, 0) is 54.9 Å². The van der Waals surface area contributed by atoms with Gasteiger partial charge in [0.25, 0.3) is 5.91 Å². The maximum Gasteiger partial charge on any atom is 0.481 e. The Balaban J connectivity index is 1.15. The number of rotatable bonds is 9. The van der Waals surface area contributed by atoms with Crippen molar-refractivity contribution >= 4 is 18.7 Å². The highest BCUT2D eigenvalue weighted by atomic mass is 16.7. The third-order valence-electron chi connectivity index (χ3n) is 8.75. The van der Waals surface area contributed by atoms with Gasteiger partial charge in [0.05, 0.1) is 36.6 Å². The van der Waals surface area contributed by atoms with Gasteiger partial charge in [-0.15, -0.1) is 0 Å². The fourth-order valence-corrected chi connectivity index (χ4v) is 6.61. The Morgan fingerprint density at radius 1 is 1.20 bits per heavy atom. The molecule has 0 radical (unpaired) electrons. The lowest BCUT2D eigenvalue weighted by atomic mass is 9.43. The van der Waals surface area contributed by atoms with Gasteiger partial charge in [0.1, 0.15) is 0 Å². The van der Waals surface area contributed by atoms with Gasteiger partial charge < -0.3 is 24.2 Å². The normalized spacial score (nSPS) is 33.5. The Morgan fingerprint density at radius 2 is 1.97 bits per heavy atom. The van der Waals surface area contributed by atoms with Gasteiger partial charge in [0.15, 0.2) is 0 Å². The van der Waals surface area contributed by atoms with Gasteiger partial charge in [-0.3, -0.25) is 4.79 Å². The second kappa shape index (κ2) is 9.53. The summed E-state index contributed by atoms with van der Waals surface area (Å²) in [7, 11) is -0.442. The maximum atomic E-state index is 13.1. The summed E-state index contributed by atoms with van der Waals surface area (Å²) in [5.41, 5.74) is 1.84. The molecule has 2 bridgehead atoms. The van der Waals surface area contributed by atoms with Crippen molar-refractivity contribution in [3.8, 4) is 0 Å². The predicted molar refractivity (Wildman–Crippen MR) is 135 cm³/mol. The van der Waals surface area contributed by atoms with Gasteiger partial charge in [0, 0.05) is 6.42 Å². The summed E-state index contributed by atoms with van der Waals surface area (Å²) in [5.74, 6) is 1.17. The molecule has 7 nitrogen and oxygen atoms in total. The Kier molecular flexibility index (Phi) is 6.75. The minimum Gasteiger partial charge on any atom is -0.404 e. The second-order valence-electron chi connectivity index (χ2n) is 12.0. The van der Waals surface area contributed by atoms with Crippen LogP contribution in [0.4, 0.5) is 0 Å². The molecule has 6 atom stereocenters. The molecule has 1 saturated heterocycles. The number of hydrogen-bond acceptors (Lipinski definition) is 6. The number of nitrogens with zero attached hydrogens (tertiary/aromatic N) is 1. The largest absolute Gasteiger partial charge is 0.481 e. The molecule has 190 valence electrons. The van der Waals surface area contributed by atoms with Crippen LogP contribution in [0.1, 0.15) is 65.9 Å². The van der Waals surface area contributed by atoms with E-state index in [4.69, 9.17) is 18.9 Å². The van der Waals surface area contributed by atoms with E-state index in [1.807, 2.05) is 30.3 Å². The fraction of sp³-hybridized carbons (Fsp3) is 0.704. The first-order valence-corrected chi connectivity index (χ1v) is 13.1. The molecule has 4 fully saturated rings. The molecule has 1 aromatic rings. The Bertz CT molecular complexity index is 954. The molecule has 2 aliphatic heterocycles. The van der Waals surface area contributed by atoms with Crippen molar-refractivity contribution in [3.05, 3.63) is 35.9 Å². The van der Waals surface area contributed by atoms with Crippen LogP contribution in [0.15, 0.2) is 35.5 Å². The molecule has 3 aliphatic carbocycles. The average molecular weight is 482 g/mol. The topological polar surface area (TPSA) is 78.4 Å². The molecule has 35 heavy (non-hydrogen) atoms. The summed E-state index contributed by atoms with van der Waals surface area (Å²) in [6.45, 7) is 12.1. The standard InChI is InChI=1S/C27H39BN2O5/c1-17(2)11-24(28-33-23-13-19-12-22(26(19,3)4)27(23,5)35-28)29-25(31)21-14-20(30-34-21)16-32-15-18-9-7-6-8-10-18/h6-10,17,19,21-24H,11-16H2,1-5H3,(H,29,31)/t19-,21?,22-,23+,24-,27-/m0/s1. The van der Waals surface area contributed by atoms with E-state index in [1.165, 1.54) is 6.42 Å². The van der Waals surface area contributed by atoms with Crippen LogP contribution in [0.25, 0.3) is 0 Å². The lowest BCUT2D eigenvalue weighted by molar-refractivity contribution is -0.199. The number of nitrogens with one attached hydrogen (secondary N) is 1. The number of oxime groups is 1. The van der Waals surface area contributed by atoms with Crippen LogP contribution < -0.4 is 5.32 Å². The van der Waals surface area contributed by atoms with Crippen LogP contribution in [-0.2, 0) is 30.3 Å². The van der Waals surface area contributed by atoms with E-state index >= 15 is 0 Å². The van der Waals surface area contributed by atoms with E-state index in [0.29, 0.717) is 37.4 Å². The summed E-state index contributed by atoms with van der Waals surface area (Å²) >= 11 is 0. The van der Waals surface area contributed by atoms with Crippen LogP contribution >= 0.6 is 0 Å². The van der Waals surface area contributed by atoms with Crippen molar-refractivity contribution in [2.75, 3.05) is 6.61 Å². The first-order chi connectivity index (χ1) is 16.7. The SMILES string of the molecule is CC(C)C[C@H](NC(=O)C1CC(COCc2ccccc2)=NO1)B1O[C@@H]2C[C@@H]3C[C@@H](C3(C)C)[C@]2(C)O1. The lowest BCUT2D eigenvalue weighted by Crippen LogP contribution is -2.65. The number of ether oxygens (including phenoxy) is 1. The van der Waals surface area contributed by atoms with Crippen LogP contribution in [0.3, 0.4) is 0 Å². The fourth-order valence-electron chi connectivity index (χ4n) is 6.61. The molecule has 6 rings (SSSR count). The van der Waals surface area contributed by atoms with E-state index < -0.39 is 13.2 Å². The van der Waals surface area contributed by atoms with Crippen molar-refractivity contribution in [2.24, 2.45) is 28.3 Å². The molecule has 1 N–H and O–H groups in total. The molecular weight excluding hydrogens is 443 g/mol. The second-order valence-corrected chi connectivity index (χ2v) is 12.0. The Morgan fingerprint density at radius 3 is 2.69 bits per heavy atom. The van der Waals surface area contributed by atoms with E-state index in [9.17, 15) is 4.79 Å². The highest BCUT2D eigenvalue weighted by Crippen LogP contribution is 2.65. The zero-order valence-electron chi connectivity index (χ0n) is 21.7. The molecule has 1 aromatic carbocycles. The summed E-state index contributed by atoms with van der Waals surface area (Å²) in [4.78, 5) is 18.6. The Labute approximate surface area is 209 Å². The predicted octanol–water partition coefficient (Wildman–Crippen LogP) is 4.15. The van der Waals surface area contributed by atoms with Crippen LogP contribution in [0, 0.1) is 23.2 Å². The smallest absolute Gasteiger partial charge is 0.404 e. The van der Waals surface area contributed by atoms with Crippen LogP contribution in [0.2, 0.25) is 0 Å². The van der Waals surface area contributed by atoms with Crippen molar-refractivity contribution in [1.82, 2.24) is 5.32 Å². The molecule has 0 spiro atoms. The van der Waals surface area contributed by atoms with Gasteiger partial charge in [-0.25, -0.2) is 0 Å². The van der Waals surface area contributed by atoms with Gasteiger partial charge in [0.2, 0.25) is 6.10 Å². The summed E-state index contributed by atoms with van der Waals surface area (Å²) in [6, 6.07) is 9.99. The lowest BCUT2D eigenvalue weighted by Gasteiger charge is -2.64. The molecule has 1 unspecified atom stereocenters. The molecule has 8 heteroatoms. The highest BCUT2D eigenvalue weighted by Gasteiger charge is 2.68. The van der Waals surface area contributed by atoms with Gasteiger partial charge >= 0.3 is 7.12 Å². The molecule has 5 aliphatic rings. The zero-order valence-corrected chi connectivity index (χ0v) is 21.7. The quantitative estimate of drug-likeness (QED) is 0.536. The van der Waals surface area contributed by atoms with Crippen molar-refractivity contribution in [1.29, 1.82) is 0 Å². The Hall–Kier alpha value is -1.90. The zero-order chi connectivity index (χ0) is 24.8. The van der Waals surface area contributed by atoms with Crippen molar-refractivity contribution in [2.45, 2.75) is 90.7 Å². The average Bonchev–Trinajstić information content (AvgIpc) is 3.43. The summed E-state index contributed by atoms with van der Waals surface area (Å²) in [6.07, 6.45) is 2.89. The minimum atomic E-state index is -0.647. The molecule has 2 heterocycles. The number of carbonyl (C=O) groups is 1. The van der Waals surface area contributed by atoms with E-state index in [-0.39, 0.29) is 29.0 Å². The molecule has 0 aromatic heterocycles. The van der Waals surface area contributed by atoms with Crippen molar-refractivity contribution < 1.29 is 23.7 Å². The molecule has 1 amide bonds. The van der Waals surface area contributed by atoms with Crippen LogP contribution in [0.5, 0.6) is 0 Å². The number of hydrogen-bond donors (Lipinski definition) is 1. The van der Waals surface area contributed by atoms with E-state index in [1.54, 1.807) is 0 Å². The number of carbonyl (C=O) groups excluding carboxylic acids is 1. The molecule has 3 saturated carbocycles. The third-order valence-corrected chi connectivity index (χ3v) is 8.75. The third kappa shape index (κ3) is 4.77. The molecular formula is C27H39BN2O5. The summed E-state index contributed by atoms with van der Waals surface area (Å²) in [5, 5.41) is 7.29. The first kappa shape index (κ1) is 24.8. The maximum absolute atomic E-state index is 13.1. The monoisotopic (exact) mass is 482 g/mol. The van der Waals surface area contributed by atoms with Gasteiger partial charge in [-0.1, -0.05) is 63.2 Å². The minimum absolute atomic E-state index is 0.0928. The van der Waals surface area contributed by atoms with Crippen molar-refractivity contribution in [3.63, 3.8) is 0 Å². The van der Waals surface area contributed by atoms with E-state index in [2.05, 4.69) is 45.1 Å². The number of benzene rings is 1. The highest BCUT2D eigenvalue weighted by molar-refractivity contribution is 6.47. The van der Waals surface area contributed by atoms with Crippen LogP contribution in [-0.4, -0.2) is 49.1 Å².